The third-order valence-corrected chi connectivity index (χ3v) is 4.93. The topological polar surface area (TPSA) is 43.0 Å². The summed E-state index contributed by atoms with van der Waals surface area (Å²) in [6.45, 7) is 5.55. The van der Waals surface area contributed by atoms with Gasteiger partial charge in [0, 0.05) is 31.7 Å². The molecular formula is C21H25FN2O3S. The molecule has 3 rings (SSSR count). The van der Waals surface area contributed by atoms with Crippen molar-refractivity contribution in [3.8, 4) is 11.5 Å². The largest absolute Gasteiger partial charge is 0.493 e. The van der Waals surface area contributed by atoms with Crippen molar-refractivity contribution in [3.63, 3.8) is 0 Å². The van der Waals surface area contributed by atoms with E-state index in [1.54, 1.807) is 19.2 Å². The van der Waals surface area contributed by atoms with Crippen LogP contribution in [0.15, 0.2) is 42.5 Å². The van der Waals surface area contributed by atoms with E-state index in [9.17, 15) is 4.39 Å². The first-order valence-electron chi connectivity index (χ1n) is 9.29. The minimum Gasteiger partial charge on any atom is -0.493 e. The summed E-state index contributed by atoms with van der Waals surface area (Å²) in [5, 5.41) is 3.30. The number of ether oxygens (including phenoxy) is 3. The molecule has 0 spiro atoms. The Morgan fingerprint density at radius 1 is 1.14 bits per heavy atom. The average Bonchev–Trinajstić information content (AvgIpc) is 2.74. The zero-order chi connectivity index (χ0) is 19.8. The molecule has 0 unspecified atom stereocenters. The molecule has 0 radical (unpaired) electrons. The molecule has 0 atom stereocenters. The van der Waals surface area contributed by atoms with Gasteiger partial charge in [0.15, 0.2) is 11.5 Å². The third-order valence-electron chi connectivity index (χ3n) is 4.55. The smallest absolute Gasteiger partial charge is 0.161 e. The molecule has 0 bridgehead atoms. The quantitative estimate of drug-likeness (QED) is 0.683. The van der Waals surface area contributed by atoms with Gasteiger partial charge in [-0.1, -0.05) is 24.4 Å². The summed E-state index contributed by atoms with van der Waals surface area (Å²) in [7, 11) is 1.60. The van der Waals surface area contributed by atoms with Crippen LogP contribution in [0.25, 0.3) is 0 Å². The van der Waals surface area contributed by atoms with Gasteiger partial charge in [0.05, 0.1) is 20.3 Å². The standard InChI is InChI=1S/C21H25FN2O3S/c1-25-20-14-17(21(28)23-8-9-24-10-12-26-13-11-24)4-7-19(20)27-15-16-2-5-18(22)6-3-16/h2-7,14H,8-13,15H2,1H3,(H,23,28). The fourth-order valence-corrected chi connectivity index (χ4v) is 3.15. The van der Waals surface area contributed by atoms with E-state index in [1.165, 1.54) is 12.1 Å². The van der Waals surface area contributed by atoms with Gasteiger partial charge in [-0.05, 0) is 35.9 Å². The highest BCUT2D eigenvalue weighted by Crippen LogP contribution is 2.29. The molecule has 2 aromatic rings. The second-order valence-electron chi connectivity index (χ2n) is 6.49. The maximum absolute atomic E-state index is 13.0. The van der Waals surface area contributed by atoms with Crippen LogP contribution in [-0.2, 0) is 11.3 Å². The molecule has 0 aliphatic carbocycles. The summed E-state index contributed by atoms with van der Waals surface area (Å²) in [5.74, 6) is 0.962. The first-order chi connectivity index (χ1) is 13.7. The van der Waals surface area contributed by atoms with Crippen molar-refractivity contribution >= 4 is 17.2 Å². The molecule has 1 heterocycles. The molecule has 28 heavy (non-hydrogen) atoms. The summed E-state index contributed by atoms with van der Waals surface area (Å²) in [5.41, 5.74) is 1.76. The number of morpholine rings is 1. The average molecular weight is 405 g/mol. The number of hydrogen-bond acceptors (Lipinski definition) is 5. The van der Waals surface area contributed by atoms with Crippen molar-refractivity contribution < 1.29 is 18.6 Å². The van der Waals surface area contributed by atoms with E-state index >= 15 is 0 Å². The Kier molecular flexibility index (Phi) is 7.59. The molecule has 5 nitrogen and oxygen atoms in total. The number of thiocarbonyl (C=S) groups is 1. The number of nitrogens with one attached hydrogen (secondary N) is 1. The maximum Gasteiger partial charge on any atom is 0.161 e. The van der Waals surface area contributed by atoms with Crippen LogP contribution >= 0.6 is 12.2 Å². The summed E-state index contributed by atoms with van der Waals surface area (Å²) in [6, 6.07) is 11.8. The summed E-state index contributed by atoms with van der Waals surface area (Å²) in [6.07, 6.45) is 0. The van der Waals surface area contributed by atoms with E-state index in [0.29, 0.717) is 23.1 Å². The van der Waals surface area contributed by atoms with Crippen LogP contribution in [0.3, 0.4) is 0 Å². The van der Waals surface area contributed by atoms with Gasteiger partial charge in [-0.3, -0.25) is 4.90 Å². The lowest BCUT2D eigenvalue weighted by molar-refractivity contribution is 0.0389. The first kappa shape index (κ1) is 20.5. The lowest BCUT2D eigenvalue weighted by atomic mass is 10.2. The number of methoxy groups -OCH3 is 1. The molecule has 1 aliphatic heterocycles. The molecule has 0 saturated carbocycles. The van der Waals surface area contributed by atoms with Gasteiger partial charge in [-0.15, -0.1) is 0 Å². The molecule has 7 heteroatoms. The third kappa shape index (κ3) is 5.89. The first-order valence-corrected chi connectivity index (χ1v) is 9.70. The number of rotatable bonds is 8. The predicted octanol–water partition coefficient (Wildman–Crippen LogP) is 3.01. The van der Waals surface area contributed by atoms with Crippen molar-refractivity contribution in [2.45, 2.75) is 6.61 Å². The molecular weight excluding hydrogens is 379 g/mol. The summed E-state index contributed by atoms with van der Waals surface area (Å²) < 4.78 is 29.6. The second-order valence-corrected chi connectivity index (χ2v) is 6.90. The van der Waals surface area contributed by atoms with Gasteiger partial charge in [-0.25, -0.2) is 4.39 Å². The predicted molar refractivity (Wildman–Crippen MR) is 111 cm³/mol. The van der Waals surface area contributed by atoms with E-state index < -0.39 is 0 Å². The van der Waals surface area contributed by atoms with Gasteiger partial charge in [-0.2, -0.15) is 0 Å². The highest BCUT2D eigenvalue weighted by atomic mass is 32.1. The summed E-state index contributed by atoms with van der Waals surface area (Å²) in [4.78, 5) is 3.03. The lowest BCUT2D eigenvalue weighted by Gasteiger charge is -2.26. The Balaban J connectivity index is 1.53. The maximum atomic E-state index is 13.0. The monoisotopic (exact) mass is 404 g/mol. The van der Waals surface area contributed by atoms with E-state index in [1.807, 2.05) is 18.2 Å². The van der Waals surface area contributed by atoms with E-state index in [2.05, 4.69) is 10.2 Å². The summed E-state index contributed by atoms with van der Waals surface area (Å²) >= 11 is 5.51. The number of benzene rings is 2. The van der Waals surface area contributed by atoms with E-state index in [0.717, 1.165) is 50.5 Å². The molecule has 1 aliphatic rings. The van der Waals surface area contributed by atoms with Crippen LogP contribution in [0.4, 0.5) is 4.39 Å². The van der Waals surface area contributed by atoms with Gasteiger partial charge in [0.2, 0.25) is 0 Å². The minimum absolute atomic E-state index is 0.264. The lowest BCUT2D eigenvalue weighted by Crippen LogP contribution is -2.41. The number of hydrogen-bond donors (Lipinski definition) is 1. The van der Waals surface area contributed by atoms with Gasteiger partial charge in [0.1, 0.15) is 17.4 Å². The van der Waals surface area contributed by atoms with Gasteiger partial charge in [0.25, 0.3) is 0 Å². The number of nitrogens with zero attached hydrogens (tertiary/aromatic N) is 1. The van der Waals surface area contributed by atoms with Crippen LogP contribution < -0.4 is 14.8 Å². The van der Waals surface area contributed by atoms with Crippen LogP contribution in [0.1, 0.15) is 11.1 Å². The van der Waals surface area contributed by atoms with Crippen molar-refractivity contribution in [1.82, 2.24) is 10.2 Å². The van der Waals surface area contributed by atoms with Crippen LogP contribution in [0, 0.1) is 5.82 Å². The van der Waals surface area contributed by atoms with E-state index in [-0.39, 0.29) is 5.82 Å². The van der Waals surface area contributed by atoms with Crippen molar-refractivity contribution in [1.29, 1.82) is 0 Å². The Morgan fingerprint density at radius 3 is 2.61 bits per heavy atom. The Bertz CT molecular complexity index is 780. The Morgan fingerprint density at radius 2 is 1.89 bits per heavy atom. The molecule has 1 fully saturated rings. The molecule has 2 aromatic carbocycles. The van der Waals surface area contributed by atoms with Crippen molar-refractivity contribution in [2.24, 2.45) is 0 Å². The SMILES string of the molecule is COc1cc(C(=S)NCCN2CCOCC2)ccc1OCc1ccc(F)cc1. The normalized spacial score (nSPS) is 14.5. The van der Waals surface area contributed by atoms with Gasteiger partial charge < -0.3 is 19.5 Å². The van der Waals surface area contributed by atoms with Crippen LogP contribution in [0.2, 0.25) is 0 Å². The van der Waals surface area contributed by atoms with Crippen LogP contribution in [0.5, 0.6) is 11.5 Å². The fourth-order valence-electron chi connectivity index (χ4n) is 2.92. The second kappa shape index (κ2) is 10.4. The van der Waals surface area contributed by atoms with E-state index in [4.69, 9.17) is 26.4 Å². The van der Waals surface area contributed by atoms with Gasteiger partial charge >= 0.3 is 0 Å². The minimum atomic E-state index is -0.264. The molecule has 0 aromatic heterocycles. The zero-order valence-electron chi connectivity index (χ0n) is 15.9. The molecule has 1 saturated heterocycles. The molecule has 150 valence electrons. The Labute approximate surface area is 170 Å². The highest BCUT2D eigenvalue weighted by molar-refractivity contribution is 7.80. The highest BCUT2D eigenvalue weighted by Gasteiger charge is 2.12. The Hall–Kier alpha value is -2.22. The van der Waals surface area contributed by atoms with Crippen LogP contribution in [-0.4, -0.2) is 56.4 Å². The van der Waals surface area contributed by atoms with Crippen molar-refractivity contribution in [3.05, 3.63) is 59.4 Å². The fraction of sp³-hybridized carbons (Fsp3) is 0.381. The zero-order valence-corrected chi connectivity index (χ0v) is 16.8. The molecule has 0 amide bonds. The molecule has 1 N–H and O–H groups in total. The van der Waals surface area contributed by atoms with Crippen molar-refractivity contribution in [2.75, 3.05) is 46.5 Å². The number of halogens is 1.